The molecule has 1 aliphatic carbocycles. The summed E-state index contributed by atoms with van der Waals surface area (Å²) in [6.07, 6.45) is 5.89. The second-order valence-corrected chi connectivity index (χ2v) is 10.3. The Balaban J connectivity index is 1.65. The first kappa shape index (κ1) is 21.9. The summed E-state index contributed by atoms with van der Waals surface area (Å²) in [5, 5.41) is 9.97. The van der Waals surface area contributed by atoms with Crippen molar-refractivity contribution in [3.05, 3.63) is 71.3 Å². The van der Waals surface area contributed by atoms with Gasteiger partial charge < -0.3 is 28.9 Å². The number of esters is 1. The molecular weight excluding hydrogens is 478 g/mol. The Morgan fingerprint density at radius 1 is 1.03 bits per heavy atom. The molecule has 1 spiro atoms. The Morgan fingerprint density at radius 3 is 2.45 bits per heavy atom. The van der Waals surface area contributed by atoms with Crippen LogP contribution in [0.2, 0.25) is 0 Å². The van der Waals surface area contributed by atoms with Crippen molar-refractivity contribution in [2.75, 3.05) is 0 Å². The third-order valence-corrected chi connectivity index (χ3v) is 7.55. The fourth-order valence-electron chi connectivity index (χ4n) is 4.29. The van der Waals surface area contributed by atoms with Gasteiger partial charge in [0.25, 0.3) is 0 Å². The van der Waals surface area contributed by atoms with Gasteiger partial charge in [-0.15, -0.1) is 0 Å². The molecule has 0 radical (unpaired) electrons. The molecule has 3 unspecified atom stereocenters. The highest BCUT2D eigenvalue weighted by molar-refractivity contribution is 7.60. The maximum absolute atomic E-state index is 12.8. The van der Waals surface area contributed by atoms with E-state index in [-0.39, 0.29) is 23.0 Å². The van der Waals surface area contributed by atoms with Gasteiger partial charge in [0.1, 0.15) is 23.0 Å². The third-order valence-electron chi connectivity index (χ3n) is 5.43. The highest BCUT2D eigenvalue weighted by Crippen LogP contribution is 2.61. The van der Waals surface area contributed by atoms with Crippen molar-refractivity contribution < 1.29 is 52.0 Å². The summed E-state index contributed by atoms with van der Waals surface area (Å²) in [5.74, 6) is -1.10. The van der Waals surface area contributed by atoms with Gasteiger partial charge in [-0.1, -0.05) is 18.2 Å². The van der Waals surface area contributed by atoms with Crippen molar-refractivity contribution in [3.63, 3.8) is 0 Å². The summed E-state index contributed by atoms with van der Waals surface area (Å²) >= 11 is 0. The van der Waals surface area contributed by atoms with Gasteiger partial charge in [-0.2, -0.15) is 4.31 Å². The van der Waals surface area contributed by atoms with Crippen LogP contribution in [0.15, 0.2) is 60.2 Å². The van der Waals surface area contributed by atoms with E-state index in [0.29, 0.717) is 23.1 Å². The largest absolute Gasteiger partial charge is 0.536 e. The first-order chi connectivity index (χ1) is 15.5. The van der Waals surface area contributed by atoms with E-state index >= 15 is 0 Å². The molecule has 2 aliphatic heterocycles. The molecule has 5 rings (SSSR count). The third kappa shape index (κ3) is 3.69. The molecule has 0 bridgehead atoms. The number of phenols is 1. The van der Waals surface area contributed by atoms with Crippen LogP contribution >= 0.6 is 15.6 Å². The quantitative estimate of drug-likeness (QED) is 0.363. The van der Waals surface area contributed by atoms with Crippen molar-refractivity contribution in [2.45, 2.75) is 12.0 Å². The van der Waals surface area contributed by atoms with E-state index in [9.17, 15) is 23.9 Å². The second-order valence-electron chi connectivity index (χ2n) is 7.51. The van der Waals surface area contributed by atoms with Gasteiger partial charge in [0, 0.05) is 23.3 Å². The number of carbonyl (C=O) groups is 1. The molecule has 1 saturated heterocycles. The van der Waals surface area contributed by atoms with Crippen LogP contribution in [-0.4, -0.2) is 25.8 Å². The first-order valence-electron chi connectivity index (χ1n) is 9.54. The summed E-state index contributed by atoms with van der Waals surface area (Å²) < 4.78 is 43.3. The minimum atomic E-state index is -5.31. The Morgan fingerprint density at radius 2 is 1.73 bits per heavy atom. The standard InChI is InChI=1S/C20H16O11P2/c21-11-5-7-15-17(9-11)28-18-10-12(30-33(26,27)31-32(23,24)25)6-8-16(18)20(15)14-4-2-1-3-13(14)19(22)29-20/h1-2,4-10,13,21H,3H2,(H,26,27)(H2,23,24,25). The number of phosphoric acid groups is 2. The van der Waals surface area contributed by atoms with Crippen molar-refractivity contribution >= 4 is 21.6 Å². The summed E-state index contributed by atoms with van der Waals surface area (Å²) in [5.41, 5.74) is 0.177. The van der Waals surface area contributed by atoms with E-state index in [1.807, 2.05) is 12.2 Å². The van der Waals surface area contributed by atoms with Crippen LogP contribution in [0.25, 0.3) is 0 Å². The smallest absolute Gasteiger partial charge is 0.508 e. The number of phosphoric ester groups is 1. The lowest BCUT2D eigenvalue weighted by atomic mass is 9.73. The molecule has 3 atom stereocenters. The molecule has 3 aliphatic rings. The van der Waals surface area contributed by atoms with Crippen LogP contribution < -0.4 is 9.26 Å². The molecule has 172 valence electrons. The lowest BCUT2D eigenvalue weighted by molar-refractivity contribution is -0.148. The summed E-state index contributed by atoms with van der Waals surface area (Å²) in [6, 6.07) is 8.25. The molecule has 0 aromatic heterocycles. The predicted octanol–water partition coefficient (Wildman–Crippen LogP) is 3.39. The topological polar surface area (TPSA) is 169 Å². The van der Waals surface area contributed by atoms with E-state index in [1.54, 1.807) is 12.1 Å². The number of allylic oxidation sites excluding steroid dienone is 3. The van der Waals surface area contributed by atoms with E-state index < -0.39 is 33.1 Å². The van der Waals surface area contributed by atoms with Crippen LogP contribution in [0.1, 0.15) is 17.5 Å². The zero-order chi connectivity index (χ0) is 23.6. The number of rotatable bonds is 4. The van der Waals surface area contributed by atoms with E-state index in [1.165, 1.54) is 30.3 Å². The molecule has 0 saturated carbocycles. The Hall–Kier alpha value is -2.91. The minimum absolute atomic E-state index is 0.0747. The first-order valence-corrected chi connectivity index (χ1v) is 12.6. The van der Waals surface area contributed by atoms with Crippen LogP contribution in [0.3, 0.4) is 0 Å². The van der Waals surface area contributed by atoms with Gasteiger partial charge in [0.2, 0.25) is 0 Å². The predicted molar refractivity (Wildman–Crippen MR) is 110 cm³/mol. The maximum Gasteiger partial charge on any atom is 0.536 e. The van der Waals surface area contributed by atoms with Gasteiger partial charge >= 0.3 is 21.6 Å². The monoisotopic (exact) mass is 494 g/mol. The summed E-state index contributed by atoms with van der Waals surface area (Å²) in [6.45, 7) is 0. The highest BCUT2D eigenvalue weighted by atomic mass is 31.3. The zero-order valence-corrected chi connectivity index (χ0v) is 18.3. The molecule has 11 nitrogen and oxygen atoms in total. The van der Waals surface area contributed by atoms with Crippen LogP contribution in [0.5, 0.6) is 23.0 Å². The Labute approximate surface area is 186 Å². The molecule has 4 N–H and O–H groups in total. The number of hydrogen-bond acceptors (Lipinski definition) is 8. The number of benzene rings is 2. The normalized spacial score (nSPS) is 24.6. The van der Waals surface area contributed by atoms with Gasteiger partial charge in [-0.25, -0.2) is 9.13 Å². The number of carbonyl (C=O) groups excluding carboxylic acids is 1. The number of ether oxygens (including phenoxy) is 2. The number of phenolic OH excluding ortho intramolecular Hbond substituents is 1. The van der Waals surface area contributed by atoms with Crippen molar-refractivity contribution in [1.29, 1.82) is 0 Å². The van der Waals surface area contributed by atoms with Crippen molar-refractivity contribution in [3.8, 4) is 23.0 Å². The molecule has 2 heterocycles. The van der Waals surface area contributed by atoms with E-state index in [0.717, 1.165) is 0 Å². The van der Waals surface area contributed by atoms with Gasteiger partial charge in [0.05, 0.1) is 5.92 Å². The average Bonchev–Trinajstić information content (AvgIpc) is 2.99. The van der Waals surface area contributed by atoms with E-state index in [2.05, 4.69) is 4.31 Å². The van der Waals surface area contributed by atoms with Gasteiger partial charge in [-0.05, 0) is 36.3 Å². The molecule has 1 fully saturated rings. The van der Waals surface area contributed by atoms with Crippen molar-refractivity contribution in [2.24, 2.45) is 5.92 Å². The molecular formula is C20H16O11P2. The number of fused-ring (bicyclic) bond motifs is 6. The van der Waals surface area contributed by atoms with Gasteiger partial charge in [-0.3, -0.25) is 9.69 Å². The lowest BCUT2D eigenvalue weighted by Gasteiger charge is -2.37. The molecule has 2 aromatic rings. The molecule has 13 heteroatoms. The highest BCUT2D eigenvalue weighted by Gasteiger charge is 2.57. The van der Waals surface area contributed by atoms with Crippen molar-refractivity contribution in [1.82, 2.24) is 0 Å². The van der Waals surface area contributed by atoms with Crippen LogP contribution in [-0.2, 0) is 28.6 Å². The SMILES string of the molecule is O=C1OC2(C3=CC=CCC13)c1ccc(O)cc1Oc1cc(OP(=O)(O)OP(=O)(O)O)ccc12. The minimum Gasteiger partial charge on any atom is -0.508 e. The maximum atomic E-state index is 12.8. The van der Waals surface area contributed by atoms with Crippen LogP contribution in [0.4, 0.5) is 0 Å². The Bertz CT molecular complexity index is 1340. The van der Waals surface area contributed by atoms with Crippen LogP contribution in [0, 0.1) is 5.92 Å². The fourth-order valence-corrected chi connectivity index (χ4v) is 5.87. The molecule has 2 aromatic carbocycles. The summed E-state index contributed by atoms with van der Waals surface area (Å²) in [4.78, 5) is 40.0. The summed E-state index contributed by atoms with van der Waals surface area (Å²) in [7, 11) is -10.5. The fraction of sp³-hybridized carbons (Fsp3) is 0.150. The number of aromatic hydroxyl groups is 1. The second kappa shape index (κ2) is 7.30. The van der Waals surface area contributed by atoms with Gasteiger partial charge in [0.15, 0.2) is 5.60 Å². The Kier molecular flexibility index (Phi) is 4.84. The van der Waals surface area contributed by atoms with E-state index in [4.69, 9.17) is 23.8 Å². The zero-order valence-electron chi connectivity index (χ0n) is 16.5. The lowest BCUT2D eigenvalue weighted by Crippen LogP contribution is -2.33. The molecule has 33 heavy (non-hydrogen) atoms. The average molecular weight is 494 g/mol. The number of hydrogen-bond donors (Lipinski definition) is 4. The molecule has 0 amide bonds.